The molecule has 0 unspecified atom stereocenters. The summed E-state index contributed by atoms with van der Waals surface area (Å²) in [4.78, 5) is 24.9. The van der Waals surface area contributed by atoms with Gasteiger partial charge in [0.2, 0.25) is 0 Å². The van der Waals surface area contributed by atoms with Gasteiger partial charge >= 0.3 is 5.97 Å². The first-order valence-corrected chi connectivity index (χ1v) is 9.09. The maximum atomic E-state index is 12.6. The molecule has 0 amide bonds. The second-order valence-electron chi connectivity index (χ2n) is 5.01. The summed E-state index contributed by atoms with van der Waals surface area (Å²) in [5.74, 6) is -0.506. The number of benzene rings is 1. The van der Waals surface area contributed by atoms with E-state index in [-0.39, 0.29) is 12.3 Å². The number of nitro groups is 1. The van der Waals surface area contributed by atoms with E-state index in [0.29, 0.717) is 11.1 Å². The summed E-state index contributed by atoms with van der Waals surface area (Å²) in [7, 11) is 0. The zero-order valence-electron chi connectivity index (χ0n) is 13.0. The smallest absolute Gasteiger partial charge is 0.339 e. The Kier molecular flexibility index (Phi) is 5.37. The van der Waals surface area contributed by atoms with Gasteiger partial charge in [-0.1, -0.05) is 24.3 Å². The van der Waals surface area contributed by atoms with Gasteiger partial charge in [0.05, 0.1) is 16.1 Å². The van der Waals surface area contributed by atoms with E-state index in [1.165, 1.54) is 28.7 Å². The van der Waals surface area contributed by atoms with Crippen LogP contribution in [0.3, 0.4) is 0 Å². The molecule has 0 bridgehead atoms. The molecule has 1 aromatic carbocycles. The summed E-state index contributed by atoms with van der Waals surface area (Å²) < 4.78 is 5.35. The predicted molar refractivity (Wildman–Crippen MR) is 99.4 cm³/mol. The molecule has 2 aromatic heterocycles. The van der Waals surface area contributed by atoms with Crippen LogP contribution >= 0.6 is 22.7 Å². The molecule has 0 N–H and O–H groups in total. The summed E-state index contributed by atoms with van der Waals surface area (Å²) in [5.41, 5.74) is 0.744. The molecule has 0 fully saturated rings. The van der Waals surface area contributed by atoms with Crippen LogP contribution in [0.15, 0.2) is 59.3 Å². The number of rotatable bonds is 6. The van der Waals surface area contributed by atoms with E-state index < -0.39 is 10.9 Å². The van der Waals surface area contributed by atoms with E-state index >= 15 is 0 Å². The molecule has 25 heavy (non-hydrogen) atoms. The third kappa shape index (κ3) is 4.20. The highest BCUT2D eigenvalue weighted by Crippen LogP contribution is 2.27. The highest BCUT2D eigenvalue weighted by Gasteiger charge is 2.18. The van der Waals surface area contributed by atoms with Crippen molar-refractivity contribution in [2.45, 2.75) is 6.61 Å². The molecule has 3 rings (SSSR count). The summed E-state index contributed by atoms with van der Waals surface area (Å²) in [6.45, 7) is -0.150. The number of hydrogen-bond donors (Lipinski definition) is 0. The van der Waals surface area contributed by atoms with E-state index in [1.54, 1.807) is 24.3 Å². The molecule has 0 atom stereocenters. The minimum absolute atomic E-state index is 0.0600. The Bertz CT molecular complexity index is 899. The fourth-order valence-corrected chi connectivity index (χ4v) is 3.60. The predicted octanol–water partition coefficient (Wildman–Crippen LogP) is 5.00. The van der Waals surface area contributed by atoms with Crippen LogP contribution in [0, 0.1) is 10.1 Å². The molecular weight excluding hydrogens is 358 g/mol. The number of carbonyl (C=O) groups is 1. The van der Waals surface area contributed by atoms with Crippen LogP contribution in [0.25, 0.3) is 11.6 Å². The van der Waals surface area contributed by atoms with Crippen molar-refractivity contribution in [2.24, 2.45) is 0 Å². The SMILES string of the molecule is O=C(OCc1ccccc1[N+](=O)[O-])/C(=C/c1cccs1)c1cccs1. The Hall–Kier alpha value is -2.77. The molecule has 0 radical (unpaired) electrons. The largest absolute Gasteiger partial charge is 0.457 e. The van der Waals surface area contributed by atoms with E-state index in [2.05, 4.69) is 0 Å². The van der Waals surface area contributed by atoms with Gasteiger partial charge in [-0.3, -0.25) is 10.1 Å². The Morgan fingerprint density at radius 2 is 1.84 bits per heavy atom. The van der Waals surface area contributed by atoms with Gasteiger partial charge < -0.3 is 4.74 Å². The van der Waals surface area contributed by atoms with Crippen LogP contribution in [0.1, 0.15) is 15.3 Å². The first kappa shape index (κ1) is 17.1. The number of carbonyl (C=O) groups excluding carboxylic acids is 1. The average Bonchev–Trinajstić information content (AvgIpc) is 3.31. The monoisotopic (exact) mass is 371 g/mol. The van der Waals surface area contributed by atoms with Crippen molar-refractivity contribution >= 4 is 46.0 Å². The highest BCUT2D eigenvalue weighted by molar-refractivity contribution is 7.12. The van der Waals surface area contributed by atoms with Crippen LogP contribution < -0.4 is 0 Å². The van der Waals surface area contributed by atoms with Gasteiger partial charge in [-0.15, -0.1) is 22.7 Å². The van der Waals surface area contributed by atoms with Crippen molar-refractivity contribution < 1.29 is 14.5 Å². The number of thiophene rings is 2. The molecule has 0 saturated heterocycles. The zero-order chi connectivity index (χ0) is 17.6. The maximum Gasteiger partial charge on any atom is 0.339 e. The zero-order valence-corrected chi connectivity index (χ0v) is 14.6. The van der Waals surface area contributed by atoms with Crippen LogP contribution in [0.4, 0.5) is 5.69 Å². The molecule has 2 heterocycles. The molecule has 0 saturated carbocycles. The molecular formula is C18H13NO4S2. The third-order valence-electron chi connectivity index (χ3n) is 3.38. The van der Waals surface area contributed by atoms with Gasteiger partial charge in [-0.05, 0) is 35.0 Å². The van der Waals surface area contributed by atoms with Gasteiger partial charge in [0, 0.05) is 15.8 Å². The number of hydrogen-bond acceptors (Lipinski definition) is 6. The number of nitro benzene ring substituents is 1. The fourth-order valence-electron chi connectivity index (χ4n) is 2.21. The van der Waals surface area contributed by atoms with Gasteiger partial charge in [-0.2, -0.15) is 0 Å². The standard InChI is InChI=1S/C18H13NO4S2/c20-18(23-12-13-5-1-2-7-16(13)19(21)22)15(17-8-4-10-25-17)11-14-6-3-9-24-14/h1-11H,12H2/b15-11+. The van der Waals surface area contributed by atoms with E-state index in [0.717, 1.165) is 9.75 Å². The lowest BCUT2D eigenvalue weighted by atomic mass is 10.2. The summed E-state index contributed by atoms with van der Waals surface area (Å²) in [5, 5.41) is 14.9. The lowest BCUT2D eigenvalue weighted by Gasteiger charge is -2.07. The molecule has 3 aromatic rings. The average molecular weight is 371 g/mol. The molecule has 0 spiro atoms. The molecule has 0 aliphatic heterocycles. The van der Waals surface area contributed by atoms with Crippen LogP contribution in [-0.2, 0) is 16.1 Å². The van der Waals surface area contributed by atoms with Gasteiger partial charge in [-0.25, -0.2) is 4.79 Å². The van der Waals surface area contributed by atoms with Crippen molar-refractivity contribution in [1.82, 2.24) is 0 Å². The molecule has 126 valence electrons. The first-order valence-electron chi connectivity index (χ1n) is 7.33. The number of esters is 1. The van der Waals surface area contributed by atoms with Crippen molar-refractivity contribution in [3.8, 4) is 0 Å². The molecule has 7 heteroatoms. The van der Waals surface area contributed by atoms with E-state index in [9.17, 15) is 14.9 Å². The van der Waals surface area contributed by atoms with E-state index in [4.69, 9.17) is 4.74 Å². The lowest BCUT2D eigenvalue weighted by molar-refractivity contribution is -0.385. The number of para-hydroxylation sites is 1. The second-order valence-corrected chi connectivity index (χ2v) is 6.94. The van der Waals surface area contributed by atoms with Crippen molar-refractivity contribution in [2.75, 3.05) is 0 Å². The molecule has 0 aliphatic carbocycles. The summed E-state index contributed by atoms with van der Waals surface area (Å²) >= 11 is 2.96. The third-order valence-corrected chi connectivity index (χ3v) is 5.11. The first-order chi connectivity index (χ1) is 12.1. The van der Waals surface area contributed by atoms with Crippen molar-refractivity contribution in [1.29, 1.82) is 0 Å². The summed E-state index contributed by atoms with van der Waals surface area (Å²) in [6.07, 6.45) is 1.78. The Morgan fingerprint density at radius 1 is 1.08 bits per heavy atom. The van der Waals surface area contributed by atoms with Crippen molar-refractivity contribution in [3.63, 3.8) is 0 Å². The minimum Gasteiger partial charge on any atom is -0.457 e. The Labute approximate surface area is 152 Å². The number of nitrogens with zero attached hydrogens (tertiary/aromatic N) is 1. The Balaban J connectivity index is 1.82. The normalized spacial score (nSPS) is 11.3. The van der Waals surface area contributed by atoms with Gasteiger partial charge in [0.15, 0.2) is 0 Å². The highest BCUT2D eigenvalue weighted by atomic mass is 32.1. The van der Waals surface area contributed by atoms with Crippen LogP contribution in [-0.4, -0.2) is 10.9 Å². The molecule has 5 nitrogen and oxygen atoms in total. The maximum absolute atomic E-state index is 12.6. The van der Waals surface area contributed by atoms with E-state index in [1.807, 2.05) is 35.0 Å². The minimum atomic E-state index is -0.506. The Morgan fingerprint density at radius 3 is 2.52 bits per heavy atom. The topological polar surface area (TPSA) is 69.4 Å². The van der Waals surface area contributed by atoms with Crippen LogP contribution in [0.2, 0.25) is 0 Å². The van der Waals surface area contributed by atoms with Gasteiger partial charge in [0.25, 0.3) is 5.69 Å². The number of ether oxygens (including phenoxy) is 1. The summed E-state index contributed by atoms with van der Waals surface area (Å²) in [6, 6.07) is 13.8. The van der Waals surface area contributed by atoms with Crippen LogP contribution in [0.5, 0.6) is 0 Å². The lowest BCUT2D eigenvalue weighted by Crippen LogP contribution is -2.07. The van der Waals surface area contributed by atoms with Gasteiger partial charge in [0.1, 0.15) is 6.61 Å². The molecule has 0 aliphatic rings. The fraction of sp³-hybridized carbons (Fsp3) is 0.0556. The second kappa shape index (κ2) is 7.87. The quantitative estimate of drug-likeness (QED) is 0.265. The van der Waals surface area contributed by atoms with Crippen molar-refractivity contribution in [3.05, 3.63) is 84.7 Å².